The molecule has 5 nitrogen and oxygen atoms in total. The number of hydrogen-bond acceptors (Lipinski definition) is 3. The van der Waals surface area contributed by atoms with Crippen LogP contribution >= 0.6 is 11.6 Å². The Morgan fingerprint density at radius 1 is 1.04 bits per heavy atom. The Labute approximate surface area is 152 Å². The second-order valence-corrected chi connectivity index (χ2v) is 7.75. The minimum absolute atomic E-state index is 0.0695. The highest BCUT2D eigenvalue weighted by atomic mass is 35.5. The lowest BCUT2D eigenvalue weighted by molar-refractivity contribution is -0.116. The third-order valence-corrected chi connectivity index (χ3v) is 5.04. The average molecular weight is 379 g/mol. The number of benzene rings is 2. The van der Waals surface area contributed by atoms with Gasteiger partial charge >= 0.3 is 0 Å². The molecule has 7 heteroatoms. The number of nitrogens with one attached hydrogen (secondary N) is 2. The van der Waals surface area contributed by atoms with E-state index in [9.17, 15) is 13.2 Å². The molecule has 0 unspecified atom stereocenters. The van der Waals surface area contributed by atoms with Gasteiger partial charge in [0, 0.05) is 17.6 Å². The van der Waals surface area contributed by atoms with Gasteiger partial charge in [-0.2, -0.15) is 0 Å². The van der Waals surface area contributed by atoms with Crippen molar-refractivity contribution in [3.63, 3.8) is 0 Å². The van der Waals surface area contributed by atoms with E-state index in [1.165, 1.54) is 13.1 Å². The quantitative estimate of drug-likeness (QED) is 0.727. The SMILES string of the molecule is CNS(=O)(=O)Cc1ccc(CNC(=O)/C=C/c2ccc(Cl)cc2)cc1. The zero-order chi connectivity index (χ0) is 18.3. The van der Waals surface area contributed by atoms with Crippen molar-refractivity contribution in [2.24, 2.45) is 0 Å². The second-order valence-electron chi connectivity index (χ2n) is 5.38. The largest absolute Gasteiger partial charge is 0.348 e. The van der Waals surface area contributed by atoms with Crippen LogP contribution in [0.5, 0.6) is 0 Å². The van der Waals surface area contributed by atoms with Crippen molar-refractivity contribution in [2.45, 2.75) is 12.3 Å². The summed E-state index contributed by atoms with van der Waals surface area (Å²) in [4.78, 5) is 11.8. The van der Waals surface area contributed by atoms with E-state index in [0.717, 1.165) is 11.1 Å². The maximum absolute atomic E-state index is 11.8. The molecule has 0 radical (unpaired) electrons. The maximum Gasteiger partial charge on any atom is 0.244 e. The van der Waals surface area contributed by atoms with Gasteiger partial charge in [0.05, 0.1) is 5.75 Å². The standard InChI is InChI=1S/C18H19ClN2O3S/c1-20-25(23,24)13-16-4-2-15(3-5-16)12-21-18(22)11-8-14-6-9-17(19)10-7-14/h2-11,20H,12-13H2,1H3,(H,21,22)/b11-8+. The highest BCUT2D eigenvalue weighted by Crippen LogP contribution is 2.11. The van der Waals surface area contributed by atoms with Gasteiger partial charge in [-0.05, 0) is 41.9 Å². The van der Waals surface area contributed by atoms with Gasteiger partial charge in [-0.3, -0.25) is 4.79 Å². The molecule has 2 aromatic rings. The Morgan fingerprint density at radius 3 is 2.24 bits per heavy atom. The Morgan fingerprint density at radius 2 is 1.64 bits per heavy atom. The van der Waals surface area contributed by atoms with E-state index in [1.807, 2.05) is 12.1 Å². The zero-order valence-electron chi connectivity index (χ0n) is 13.7. The zero-order valence-corrected chi connectivity index (χ0v) is 15.3. The summed E-state index contributed by atoms with van der Waals surface area (Å²) in [5, 5.41) is 3.42. The van der Waals surface area contributed by atoms with Gasteiger partial charge in [0.1, 0.15) is 0 Å². The normalized spacial score (nSPS) is 11.6. The molecule has 0 aliphatic carbocycles. The first kappa shape index (κ1) is 19.2. The third-order valence-electron chi connectivity index (χ3n) is 3.45. The summed E-state index contributed by atoms with van der Waals surface area (Å²) >= 11 is 5.81. The van der Waals surface area contributed by atoms with Crippen molar-refractivity contribution >= 4 is 33.6 Å². The minimum atomic E-state index is -3.28. The Hall–Kier alpha value is -2.15. The number of halogens is 1. The highest BCUT2D eigenvalue weighted by molar-refractivity contribution is 7.88. The molecule has 1 amide bonds. The van der Waals surface area contributed by atoms with E-state index in [2.05, 4.69) is 10.0 Å². The molecule has 0 saturated heterocycles. The summed E-state index contributed by atoms with van der Waals surface area (Å²) in [6, 6.07) is 14.2. The molecule has 0 bridgehead atoms. The number of rotatable bonds is 7. The van der Waals surface area contributed by atoms with Gasteiger partial charge < -0.3 is 5.32 Å². The minimum Gasteiger partial charge on any atom is -0.348 e. The average Bonchev–Trinajstić information content (AvgIpc) is 2.60. The molecule has 0 aromatic heterocycles. The number of amides is 1. The van der Waals surface area contributed by atoms with Crippen molar-refractivity contribution in [3.8, 4) is 0 Å². The van der Waals surface area contributed by atoms with Crippen LogP contribution in [-0.2, 0) is 27.1 Å². The molecule has 2 aromatic carbocycles. The number of hydrogen-bond donors (Lipinski definition) is 2. The van der Waals surface area contributed by atoms with Crippen LogP contribution in [0.4, 0.5) is 0 Å². The predicted molar refractivity (Wildman–Crippen MR) is 100 cm³/mol. The number of carbonyl (C=O) groups is 1. The summed E-state index contributed by atoms with van der Waals surface area (Å²) in [7, 11) is -1.90. The molecule has 2 N–H and O–H groups in total. The van der Waals surface area contributed by atoms with Crippen molar-refractivity contribution in [3.05, 3.63) is 76.3 Å². The first-order valence-electron chi connectivity index (χ1n) is 7.58. The van der Waals surface area contributed by atoms with Crippen LogP contribution in [-0.4, -0.2) is 21.4 Å². The second kappa shape index (κ2) is 8.80. The van der Waals surface area contributed by atoms with Crippen molar-refractivity contribution in [2.75, 3.05) is 7.05 Å². The molecular formula is C18H19ClN2O3S. The van der Waals surface area contributed by atoms with Gasteiger partial charge in [-0.1, -0.05) is 48.0 Å². The van der Waals surface area contributed by atoms with E-state index in [0.29, 0.717) is 17.1 Å². The summed E-state index contributed by atoms with van der Waals surface area (Å²) in [6.45, 7) is 0.364. The Balaban J connectivity index is 1.86. The maximum atomic E-state index is 11.8. The molecule has 0 heterocycles. The van der Waals surface area contributed by atoms with Gasteiger partial charge in [-0.25, -0.2) is 13.1 Å². The van der Waals surface area contributed by atoms with E-state index in [-0.39, 0.29) is 11.7 Å². The van der Waals surface area contributed by atoms with Gasteiger partial charge in [0.2, 0.25) is 15.9 Å². The molecule has 0 spiro atoms. The fraction of sp³-hybridized carbons (Fsp3) is 0.167. The van der Waals surface area contributed by atoms with Crippen LogP contribution in [0.2, 0.25) is 5.02 Å². The van der Waals surface area contributed by atoms with Crippen LogP contribution in [0, 0.1) is 0 Å². The molecule has 0 fully saturated rings. The van der Waals surface area contributed by atoms with Crippen molar-refractivity contribution in [1.29, 1.82) is 0 Å². The van der Waals surface area contributed by atoms with E-state index < -0.39 is 10.0 Å². The van der Waals surface area contributed by atoms with Crippen LogP contribution in [0.1, 0.15) is 16.7 Å². The van der Waals surface area contributed by atoms with E-state index in [4.69, 9.17) is 11.6 Å². The molecule has 0 aliphatic rings. The first-order valence-corrected chi connectivity index (χ1v) is 9.61. The topological polar surface area (TPSA) is 75.3 Å². The number of sulfonamides is 1. The lowest BCUT2D eigenvalue weighted by Gasteiger charge is -2.06. The molecule has 0 saturated carbocycles. The van der Waals surface area contributed by atoms with Crippen molar-refractivity contribution in [1.82, 2.24) is 10.0 Å². The molecular weight excluding hydrogens is 360 g/mol. The Bertz CT molecular complexity index is 845. The van der Waals surface area contributed by atoms with Crippen molar-refractivity contribution < 1.29 is 13.2 Å². The molecule has 25 heavy (non-hydrogen) atoms. The molecule has 0 aliphatic heterocycles. The third kappa shape index (κ3) is 6.70. The monoisotopic (exact) mass is 378 g/mol. The lowest BCUT2D eigenvalue weighted by atomic mass is 10.1. The van der Waals surface area contributed by atoms with E-state index >= 15 is 0 Å². The lowest BCUT2D eigenvalue weighted by Crippen LogP contribution is -2.21. The fourth-order valence-corrected chi connectivity index (χ4v) is 2.94. The van der Waals surface area contributed by atoms with Crippen LogP contribution in [0.25, 0.3) is 6.08 Å². The van der Waals surface area contributed by atoms with Gasteiger partial charge in [0.15, 0.2) is 0 Å². The van der Waals surface area contributed by atoms with Gasteiger partial charge in [0.25, 0.3) is 0 Å². The molecule has 132 valence electrons. The van der Waals surface area contributed by atoms with Crippen LogP contribution < -0.4 is 10.0 Å². The summed E-state index contributed by atoms with van der Waals surface area (Å²) in [5.74, 6) is -0.281. The fourth-order valence-electron chi connectivity index (χ4n) is 2.04. The smallest absolute Gasteiger partial charge is 0.244 e. The summed E-state index contributed by atoms with van der Waals surface area (Å²) < 4.78 is 25.3. The Kier molecular flexibility index (Phi) is 6.75. The summed E-state index contributed by atoms with van der Waals surface area (Å²) in [6.07, 6.45) is 3.16. The number of carbonyl (C=O) groups excluding carboxylic acids is 1. The van der Waals surface area contributed by atoms with Crippen LogP contribution in [0.15, 0.2) is 54.6 Å². The van der Waals surface area contributed by atoms with Crippen LogP contribution in [0.3, 0.4) is 0 Å². The predicted octanol–water partition coefficient (Wildman–Crippen LogP) is 2.72. The first-order chi connectivity index (χ1) is 11.9. The highest BCUT2D eigenvalue weighted by Gasteiger charge is 2.08. The summed E-state index contributed by atoms with van der Waals surface area (Å²) in [5.41, 5.74) is 2.46. The van der Waals surface area contributed by atoms with E-state index in [1.54, 1.807) is 42.5 Å². The van der Waals surface area contributed by atoms with Gasteiger partial charge in [-0.15, -0.1) is 0 Å². The molecule has 0 atom stereocenters. The molecule has 2 rings (SSSR count).